The number of nitrogens with zero attached hydrogens (tertiary/aromatic N) is 2. The summed E-state index contributed by atoms with van der Waals surface area (Å²) in [5.41, 5.74) is 1.12. The number of piperazine rings is 1. The van der Waals surface area contributed by atoms with Crippen LogP contribution in [0.2, 0.25) is 0 Å². The average Bonchev–Trinajstić information content (AvgIpc) is 2.73. The minimum Gasteiger partial charge on any atom is -0.495 e. The van der Waals surface area contributed by atoms with Gasteiger partial charge in [0.2, 0.25) is 10.0 Å². The first kappa shape index (κ1) is 20.6. The van der Waals surface area contributed by atoms with Gasteiger partial charge in [0, 0.05) is 30.7 Å². The van der Waals surface area contributed by atoms with E-state index in [-0.39, 0.29) is 10.5 Å². The van der Waals surface area contributed by atoms with Gasteiger partial charge >= 0.3 is 5.97 Å². The number of carbonyl (C=O) groups is 1. The van der Waals surface area contributed by atoms with Crippen LogP contribution in [0.1, 0.15) is 10.4 Å². The summed E-state index contributed by atoms with van der Waals surface area (Å²) in [6.45, 7) is 1.76. The van der Waals surface area contributed by atoms with Crippen molar-refractivity contribution < 1.29 is 22.7 Å². The van der Waals surface area contributed by atoms with Crippen molar-refractivity contribution in [1.82, 2.24) is 4.31 Å². The number of esters is 1. The highest BCUT2D eigenvalue weighted by atomic mass is 79.9. The second-order valence-electron chi connectivity index (χ2n) is 6.20. The minimum absolute atomic E-state index is 0.0711. The molecule has 2 aromatic carbocycles. The lowest BCUT2D eigenvalue weighted by Gasteiger charge is -2.36. The molecule has 0 aromatic heterocycles. The third-order valence-electron chi connectivity index (χ3n) is 4.65. The summed E-state index contributed by atoms with van der Waals surface area (Å²) >= 11 is 3.25. The van der Waals surface area contributed by atoms with Crippen molar-refractivity contribution in [2.75, 3.05) is 45.3 Å². The summed E-state index contributed by atoms with van der Waals surface area (Å²) in [4.78, 5) is 14.0. The molecule has 0 N–H and O–H groups in total. The number of methoxy groups -OCH3 is 2. The molecule has 1 fully saturated rings. The number of halogens is 1. The monoisotopic (exact) mass is 468 g/mol. The van der Waals surface area contributed by atoms with Crippen LogP contribution in [0.25, 0.3) is 0 Å². The Hall–Kier alpha value is -2.10. The zero-order valence-electron chi connectivity index (χ0n) is 15.6. The number of rotatable bonds is 5. The molecule has 2 aromatic rings. The van der Waals surface area contributed by atoms with E-state index in [9.17, 15) is 13.2 Å². The van der Waals surface area contributed by atoms with Gasteiger partial charge in [-0.15, -0.1) is 0 Å². The molecule has 150 valence electrons. The van der Waals surface area contributed by atoms with Crippen molar-refractivity contribution >= 4 is 37.6 Å². The van der Waals surface area contributed by atoms with E-state index in [1.165, 1.54) is 23.5 Å². The predicted octanol–water partition coefficient (Wildman–Crippen LogP) is 2.76. The van der Waals surface area contributed by atoms with Crippen LogP contribution in [-0.2, 0) is 14.8 Å². The van der Waals surface area contributed by atoms with Crippen molar-refractivity contribution in [3.63, 3.8) is 0 Å². The van der Waals surface area contributed by atoms with Gasteiger partial charge in [0.25, 0.3) is 0 Å². The van der Waals surface area contributed by atoms with Gasteiger partial charge in [-0.05, 0) is 46.3 Å². The molecule has 1 aliphatic rings. The van der Waals surface area contributed by atoms with E-state index in [2.05, 4.69) is 20.8 Å². The second-order valence-corrected chi connectivity index (χ2v) is 8.99. The number of hydrogen-bond donors (Lipinski definition) is 0. The Labute approximate surface area is 173 Å². The maximum Gasteiger partial charge on any atom is 0.339 e. The van der Waals surface area contributed by atoms with Crippen molar-refractivity contribution in [1.29, 1.82) is 0 Å². The van der Waals surface area contributed by atoms with Crippen molar-refractivity contribution in [3.05, 3.63) is 52.5 Å². The minimum atomic E-state index is -3.72. The van der Waals surface area contributed by atoms with E-state index >= 15 is 0 Å². The summed E-state index contributed by atoms with van der Waals surface area (Å²) in [5, 5.41) is 0. The number of hydrogen-bond acceptors (Lipinski definition) is 6. The van der Waals surface area contributed by atoms with Gasteiger partial charge in [-0.2, -0.15) is 4.31 Å². The van der Waals surface area contributed by atoms with Crippen LogP contribution in [0, 0.1) is 0 Å². The summed E-state index contributed by atoms with van der Waals surface area (Å²) < 4.78 is 38.1. The van der Waals surface area contributed by atoms with Gasteiger partial charge in [0.15, 0.2) is 0 Å². The fourth-order valence-electron chi connectivity index (χ4n) is 3.14. The highest BCUT2D eigenvalue weighted by molar-refractivity contribution is 9.10. The molecule has 1 aliphatic heterocycles. The van der Waals surface area contributed by atoms with Gasteiger partial charge in [-0.25, -0.2) is 13.2 Å². The van der Waals surface area contributed by atoms with Crippen LogP contribution in [0.3, 0.4) is 0 Å². The second kappa shape index (κ2) is 8.50. The van der Waals surface area contributed by atoms with Crippen LogP contribution in [0.5, 0.6) is 5.75 Å². The van der Waals surface area contributed by atoms with Gasteiger partial charge < -0.3 is 14.4 Å². The number of sulfonamides is 1. The van der Waals surface area contributed by atoms with Crippen LogP contribution in [0.4, 0.5) is 5.69 Å². The van der Waals surface area contributed by atoms with Gasteiger partial charge in [-0.1, -0.05) is 12.1 Å². The van der Waals surface area contributed by atoms with E-state index in [0.717, 1.165) is 11.4 Å². The lowest BCUT2D eigenvalue weighted by molar-refractivity contribution is 0.0599. The number of carbonyl (C=O) groups excluding carboxylic acids is 1. The Morgan fingerprint density at radius 1 is 1.04 bits per heavy atom. The quantitative estimate of drug-likeness (QED) is 0.627. The first-order chi connectivity index (χ1) is 13.4. The van der Waals surface area contributed by atoms with Crippen molar-refractivity contribution in [2.24, 2.45) is 0 Å². The summed E-state index contributed by atoms with van der Waals surface area (Å²) in [6.07, 6.45) is 0. The summed E-state index contributed by atoms with van der Waals surface area (Å²) in [6, 6.07) is 12.0. The van der Waals surface area contributed by atoms with Crippen LogP contribution >= 0.6 is 15.9 Å². The molecule has 1 saturated heterocycles. The number of benzene rings is 2. The third-order valence-corrected chi connectivity index (χ3v) is 7.23. The Morgan fingerprint density at radius 2 is 1.71 bits per heavy atom. The standard InChI is InChI=1S/C19H21BrN2O5S/c1-26-18-6-4-3-5-17(18)21-9-11-22(12-10-21)28(24,25)14-7-8-16(20)15(13-14)19(23)27-2/h3-8,13H,9-12H2,1-2H3. The SMILES string of the molecule is COC(=O)c1cc(S(=O)(=O)N2CCN(c3ccccc3OC)CC2)ccc1Br. The zero-order chi connectivity index (χ0) is 20.3. The molecule has 1 heterocycles. The van der Waals surface area contributed by atoms with E-state index in [1.54, 1.807) is 13.2 Å². The maximum absolute atomic E-state index is 13.0. The zero-order valence-corrected chi connectivity index (χ0v) is 18.0. The third kappa shape index (κ3) is 4.01. The number of anilines is 1. The first-order valence-corrected chi connectivity index (χ1v) is 10.9. The molecule has 0 atom stereocenters. The molecule has 28 heavy (non-hydrogen) atoms. The molecule has 0 spiro atoms. The van der Waals surface area contributed by atoms with E-state index in [1.807, 2.05) is 24.3 Å². The number of ether oxygens (including phenoxy) is 2. The predicted molar refractivity (Wildman–Crippen MR) is 109 cm³/mol. The molecular weight excluding hydrogens is 448 g/mol. The molecule has 0 aliphatic carbocycles. The first-order valence-electron chi connectivity index (χ1n) is 8.64. The van der Waals surface area contributed by atoms with E-state index < -0.39 is 16.0 Å². The van der Waals surface area contributed by atoms with Crippen molar-refractivity contribution in [3.8, 4) is 5.75 Å². The fraction of sp³-hybridized carbons (Fsp3) is 0.316. The Balaban J connectivity index is 1.79. The molecule has 0 radical (unpaired) electrons. The average molecular weight is 469 g/mol. The van der Waals surface area contributed by atoms with Gasteiger partial charge in [-0.3, -0.25) is 0 Å². The lowest BCUT2D eigenvalue weighted by Crippen LogP contribution is -2.48. The largest absolute Gasteiger partial charge is 0.495 e. The van der Waals surface area contributed by atoms with E-state index in [0.29, 0.717) is 30.7 Å². The molecule has 0 bridgehead atoms. The smallest absolute Gasteiger partial charge is 0.339 e. The maximum atomic E-state index is 13.0. The van der Waals surface area contributed by atoms with Gasteiger partial charge in [0.05, 0.1) is 30.4 Å². The summed E-state index contributed by atoms with van der Waals surface area (Å²) in [7, 11) is -0.844. The highest BCUT2D eigenvalue weighted by Crippen LogP contribution is 2.30. The molecule has 0 unspecified atom stereocenters. The Kier molecular flexibility index (Phi) is 6.26. The molecule has 3 rings (SSSR count). The molecule has 0 saturated carbocycles. The number of para-hydroxylation sites is 2. The van der Waals surface area contributed by atoms with Gasteiger partial charge in [0.1, 0.15) is 5.75 Å². The Morgan fingerprint density at radius 3 is 2.36 bits per heavy atom. The van der Waals surface area contributed by atoms with E-state index in [4.69, 9.17) is 9.47 Å². The topological polar surface area (TPSA) is 76.2 Å². The molecule has 9 heteroatoms. The van der Waals surface area contributed by atoms with Crippen LogP contribution < -0.4 is 9.64 Å². The molecule has 0 amide bonds. The van der Waals surface area contributed by atoms with Crippen molar-refractivity contribution in [2.45, 2.75) is 4.90 Å². The highest BCUT2D eigenvalue weighted by Gasteiger charge is 2.30. The van der Waals surface area contributed by atoms with Crippen LogP contribution in [-0.4, -0.2) is 59.1 Å². The molecule has 7 nitrogen and oxygen atoms in total. The molecular formula is C19H21BrN2O5S. The Bertz CT molecular complexity index is 972. The lowest BCUT2D eigenvalue weighted by atomic mass is 10.2. The normalized spacial score (nSPS) is 15.3. The summed E-state index contributed by atoms with van der Waals surface area (Å²) in [5.74, 6) is 0.166. The van der Waals surface area contributed by atoms with Crippen LogP contribution in [0.15, 0.2) is 51.8 Å². The fourth-order valence-corrected chi connectivity index (χ4v) is 5.00.